The van der Waals surface area contributed by atoms with Crippen molar-refractivity contribution in [3.63, 3.8) is 0 Å². The highest BCUT2D eigenvalue weighted by Crippen LogP contribution is 2.39. The van der Waals surface area contributed by atoms with Gasteiger partial charge in [0.1, 0.15) is 5.82 Å². The molecule has 28 heavy (non-hydrogen) atoms. The summed E-state index contributed by atoms with van der Waals surface area (Å²) in [7, 11) is 0. The molecule has 0 amide bonds. The highest BCUT2D eigenvalue weighted by molar-refractivity contribution is 7.80. The Bertz CT molecular complexity index is 1060. The Morgan fingerprint density at radius 2 is 1.86 bits per heavy atom. The maximum Gasteiger partial charge on any atom is 0.416 e. The third-order valence-electron chi connectivity index (χ3n) is 3.99. The van der Waals surface area contributed by atoms with Crippen molar-refractivity contribution in [3.8, 4) is 5.88 Å². The van der Waals surface area contributed by atoms with Gasteiger partial charge >= 0.3 is 6.18 Å². The molecule has 0 fully saturated rings. The molecular weight excluding hydrogens is 396 g/mol. The van der Waals surface area contributed by atoms with E-state index in [1.54, 1.807) is 6.92 Å². The van der Waals surface area contributed by atoms with E-state index >= 15 is 0 Å². The van der Waals surface area contributed by atoms with Crippen LogP contribution in [0.15, 0.2) is 52.7 Å². The molecule has 1 aromatic heterocycles. The minimum Gasteiger partial charge on any atom is -0.493 e. The molecule has 10 heteroatoms. The number of alkyl halides is 3. The van der Waals surface area contributed by atoms with E-state index in [1.165, 1.54) is 34.9 Å². The number of aryl methyl sites for hydroxylation is 1. The first-order valence-electron chi connectivity index (χ1n) is 8.11. The molecule has 0 aliphatic rings. The van der Waals surface area contributed by atoms with Gasteiger partial charge < -0.3 is 15.0 Å². The Kier molecular flexibility index (Phi) is 5.32. The number of anilines is 1. The molecule has 5 nitrogen and oxygen atoms in total. The fourth-order valence-electron chi connectivity index (χ4n) is 2.70. The topological polar surface area (TPSA) is 61.9 Å². The Hall–Kier alpha value is -3.01. The molecule has 0 saturated carbocycles. The summed E-state index contributed by atoms with van der Waals surface area (Å²) in [6.45, 7) is 2.23. The Morgan fingerprint density at radius 3 is 2.46 bits per heavy atom. The summed E-state index contributed by atoms with van der Waals surface area (Å²) in [6, 6.07) is 8.25. The van der Waals surface area contributed by atoms with Gasteiger partial charge in [-0.25, -0.2) is 4.39 Å². The van der Waals surface area contributed by atoms with Gasteiger partial charge in [0.25, 0.3) is 0 Å². The molecule has 2 aromatic carbocycles. The molecule has 0 aliphatic heterocycles. The van der Waals surface area contributed by atoms with Crippen LogP contribution in [-0.4, -0.2) is 14.8 Å². The lowest BCUT2D eigenvalue weighted by Gasteiger charge is -2.08. The number of hydrogen-bond donors (Lipinski definition) is 2. The first kappa shape index (κ1) is 19.7. The summed E-state index contributed by atoms with van der Waals surface area (Å²) in [5, 5.41) is 20.9. The highest BCUT2D eigenvalue weighted by Gasteiger charge is 2.29. The van der Waals surface area contributed by atoms with Crippen molar-refractivity contribution in [2.45, 2.75) is 19.6 Å². The van der Waals surface area contributed by atoms with Crippen LogP contribution in [0.3, 0.4) is 0 Å². The summed E-state index contributed by atoms with van der Waals surface area (Å²) >= 11 is 5.01. The summed E-state index contributed by atoms with van der Waals surface area (Å²) in [5.41, 5.74) is 0.137. The van der Waals surface area contributed by atoms with Gasteiger partial charge in [0.15, 0.2) is 5.69 Å². The Balaban J connectivity index is 1.83. The van der Waals surface area contributed by atoms with E-state index < -0.39 is 17.6 Å². The standard InChI is InChI=1S/C18H14F4N4OS/c1-2-26-14-8-5-11(19)9-13(14)15(16(26)27)24-25-17(28)23-12-6-3-10(4-7-12)18(20,21)22/h3-9,27H,2H2,1H3,(H,23,28). The third kappa shape index (κ3) is 3.96. The van der Waals surface area contributed by atoms with Crippen molar-refractivity contribution in [3.05, 3.63) is 53.8 Å². The van der Waals surface area contributed by atoms with Gasteiger partial charge in [-0.2, -0.15) is 13.2 Å². The molecule has 0 spiro atoms. The number of thiocarbonyl (C=S) groups is 1. The van der Waals surface area contributed by atoms with Crippen LogP contribution in [0.5, 0.6) is 5.88 Å². The number of aromatic hydroxyl groups is 1. The molecule has 0 unspecified atom stereocenters. The first-order valence-corrected chi connectivity index (χ1v) is 8.52. The molecule has 2 N–H and O–H groups in total. The lowest BCUT2D eigenvalue weighted by Crippen LogP contribution is -2.07. The van der Waals surface area contributed by atoms with Crippen molar-refractivity contribution < 1.29 is 22.7 Å². The number of azo groups is 1. The second-order valence-electron chi connectivity index (χ2n) is 5.78. The second-order valence-corrected chi connectivity index (χ2v) is 6.17. The number of hydrogen-bond acceptors (Lipinski definition) is 3. The van der Waals surface area contributed by atoms with E-state index in [9.17, 15) is 22.7 Å². The van der Waals surface area contributed by atoms with Crippen LogP contribution in [0.2, 0.25) is 0 Å². The lowest BCUT2D eigenvalue weighted by molar-refractivity contribution is -0.137. The van der Waals surface area contributed by atoms with E-state index in [1.807, 2.05) is 0 Å². The van der Waals surface area contributed by atoms with Crippen molar-refractivity contribution in [2.75, 3.05) is 5.32 Å². The van der Waals surface area contributed by atoms with E-state index in [4.69, 9.17) is 12.2 Å². The zero-order valence-corrected chi connectivity index (χ0v) is 15.3. The molecule has 0 atom stereocenters. The van der Waals surface area contributed by atoms with E-state index in [0.717, 1.165) is 12.1 Å². The summed E-state index contributed by atoms with van der Waals surface area (Å²) < 4.78 is 52.9. The number of benzene rings is 2. The van der Waals surface area contributed by atoms with Crippen LogP contribution in [0, 0.1) is 5.82 Å². The van der Waals surface area contributed by atoms with Crippen LogP contribution in [0.4, 0.5) is 28.9 Å². The average molecular weight is 410 g/mol. The van der Waals surface area contributed by atoms with Crippen LogP contribution in [0.1, 0.15) is 12.5 Å². The van der Waals surface area contributed by atoms with E-state index in [2.05, 4.69) is 15.5 Å². The smallest absolute Gasteiger partial charge is 0.416 e. The fraction of sp³-hybridized carbons (Fsp3) is 0.167. The van der Waals surface area contributed by atoms with E-state index in [-0.39, 0.29) is 16.7 Å². The monoisotopic (exact) mass is 410 g/mol. The highest BCUT2D eigenvalue weighted by atomic mass is 32.1. The summed E-state index contributed by atoms with van der Waals surface area (Å²) in [5.74, 6) is -0.688. The number of fused-ring (bicyclic) bond motifs is 1. The molecule has 1 heterocycles. The van der Waals surface area contributed by atoms with Crippen molar-refractivity contribution in [2.24, 2.45) is 10.2 Å². The normalized spacial score (nSPS) is 12.0. The maximum absolute atomic E-state index is 13.6. The predicted molar refractivity (Wildman–Crippen MR) is 101 cm³/mol. The third-order valence-corrected chi connectivity index (χ3v) is 4.18. The molecular formula is C18H14F4N4OS. The van der Waals surface area contributed by atoms with Gasteiger partial charge in [-0.15, -0.1) is 10.2 Å². The van der Waals surface area contributed by atoms with Crippen molar-refractivity contribution in [1.29, 1.82) is 0 Å². The number of aromatic nitrogens is 1. The van der Waals surface area contributed by atoms with Gasteiger partial charge in [0, 0.05) is 17.6 Å². The van der Waals surface area contributed by atoms with Crippen molar-refractivity contribution >= 4 is 39.6 Å². The molecule has 0 aliphatic carbocycles. The molecule has 0 saturated heterocycles. The van der Waals surface area contributed by atoms with Gasteiger partial charge in [-0.1, -0.05) is 0 Å². The SMILES string of the molecule is CCn1c(O)c(N=NC(=S)Nc2ccc(C(F)(F)F)cc2)c2cc(F)ccc21. The minimum absolute atomic E-state index is 0.0490. The number of rotatable bonds is 3. The zero-order chi connectivity index (χ0) is 20.5. The van der Waals surface area contributed by atoms with Crippen LogP contribution in [-0.2, 0) is 12.7 Å². The largest absolute Gasteiger partial charge is 0.493 e. The predicted octanol–water partition coefficient (Wildman–Crippen LogP) is 6.01. The summed E-state index contributed by atoms with van der Waals surface area (Å²) in [6.07, 6.45) is -4.43. The zero-order valence-electron chi connectivity index (χ0n) is 14.5. The molecule has 0 bridgehead atoms. The maximum atomic E-state index is 13.6. The first-order chi connectivity index (χ1) is 13.2. The number of nitrogens with one attached hydrogen (secondary N) is 1. The lowest BCUT2D eigenvalue weighted by atomic mass is 10.2. The Morgan fingerprint density at radius 1 is 1.18 bits per heavy atom. The quantitative estimate of drug-likeness (QED) is 0.316. The van der Waals surface area contributed by atoms with Crippen LogP contribution >= 0.6 is 12.2 Å². The summed E-state index contributed by atoms with van der Waals surface area (Å²) in [4.78, 5) is 0. The average Bonchev–Trinajstić information content (AvgIpc) is 2.89. The van der Waals surface area contributed by atoms with Crippen LogP contribution < -0.4 is 5.32 Å². The minimum atomic E-state index is -4.43. The van der Waals surface area contributed by atoms with Gasteiger partial charge in [-0.3, -0.25) is 0 Å². The Labute approximate surface area is 162 Å². The molecule has 0 radical (unpaired) electrons. The number of nitrogens with zero attached hydrogens (tertiary/aromatic N) is 3. The molecule has 3 rings (SSSR count). The van der Waals surface area contributed by atoms with E-state index in [0.29, 0.717) is 23.1 Å². The second kappa shape index (κ2) is 7.55. The molecule has 3 aromatic rings. The van der Waals surface area contributed by atoms with Gasteiger partial charge in [-0.05, 0) is 61.6 Å². The van der Waals surface area contributed by atoms with Crippen molar-refractivity contribution in [1.82, 2.24) is 4.57 Å². The fourth-order valence-corrected chi connectivity index (χ4v) is 2.86. The van der Waals surface area contributed by atoms with Crippen LogP contribution in [0.25, 0.3) is 10.9 Å². The van der Waals surface area contributed by atoms with Gasteiger partial charge in [0.2, 0.25) is 11.0 Å². The number of halogens is 4. The van der Waals surface area contributed by atoms with Gasteiger partial charge in [0.05, 0.1) is 11.1 Å². The molecule has 146 valence electrons.